The molecule has 10 heteroatoms. The molecule has 1 atom stereocenters. The van der Waals surface area contributed by atoms with Crippen molar-refractivity contribution in [2.75, 3.05) is 5.75 Å². The Bertz CT molecular complexity index is 1230. The first-order chi connectivity index (χ1) is 16.3. The maximum absolute atomic E-state index is 12.9. The van der Waals surface area contributed by atoms with Gasteiger partial charge < -0.3 is 5.32 Å². The molecule has 34 heavy (non-hydrogen) atoms. The van der Waals surface area contributed by atoms with Crippen LogP contribution in [0.2, 0.25) is 0 Å². The molecule has 1 aliphatic rings. The number of imide groups is 1. The van der Waals surface area contributed by atoms with Gasteiger partial charge in [0.05, 0.1) is 11.4 Å². The van der Waals surface area contributed by atoms with Crippen LogP contribution in [0.4, 0.5) is 4.79 Å². The zero-order valence-corrected chi connectivity index (χ0v) is 20.1. The monoisotopic (exact) mass is 478 g/mol. The van der Waals surface area contributed by atoms with E-state index in [4.69, 9.17) is 0 Å². The van der Waals surface area contributed by atoms with E-state index in [1.807, 2.05) is 56.3 Å². The van der Waals surface area contributed by atoms with Gasteiger partial charge in [-0.05, 0) is 50.8 Å². The van der Waals surface area contributed by atoms with Crippen molar-refractivity contribution in [2.24, 2.45) is 0 Å². The van der Waals surface area contributed by atoms with E-state index in [-0.39, 0.29) is 5.75 Å². The third kappa shape index (κ3) is 4.96. The SMILES string of the molecule is Cc1ccc(-n2cnnc2SCC(=O)NN2C(=O)N[C@](C)(CCc3ccccc3)C2=O)c(C)c1. The number of hydrogen-bond acceptors (Lipinski definition) is 6. The van der Waals surface area contributed by atoms with E-state index in [1.165, 1.54) is 11.8 Å². The molecule has 0 unspecified atom stereocenters. The molecule has 2 N–H and O–H groups in total. The van der Waals surface area contributed by atoms with Gasteiger partial charge >= 0.3 is 6.03 Å². The van der Waals surface area contributed by atoms with Crippen LogP contribution in [0, 0.1) is 13.8 Å². The number of urea groups is 1. The highest BCUT2D eigenvalue weighted by Gasteiger charge is 2.48. The molecule has 1 saturated heterocycles. The van der Waals surface area contributed by atoms with E-state index >= 15 is 0 Å². The molecule has 0 saturated carbocycles. The summed E-state index contributed by atoms with van der Waals surface area (Å²) in [6.45, 7) is 5.69. The predicted molar refractivity (Wildman–Crippen MR) is 128 cm³/mol. The molecule has 2 heterocycles. The second kappa shape index (κ2) is 9.68. The Morgan fingerprint density at radius 1 is 1.15 bits per heavy atom. The van der Waals surface area contributed by atoms with Gasteiger partial charge in [0.1, 0.15) is 11.9 Å². The largest absolute Gasteiger partial charge is 0.344 e. The Morgan fingerprint density at radius 2 is 1.91 bits per heavy atom. The maximum atomic E-state index is 12.9. The van der Waals surface area contributed by atoms with Gasteiger partial charge in [-0.1, -0.05) is 59.8 Å². The van der Waals surface area contributed by atoms with E-state index in [9.17, 15) is 14.4 Å². The molecule has 1 fully saturated rings. The van der Waals surface area contributed by atoms with Crippen molar-refractivity contribution >= 4 is 29.6 Å². The second-order valence-electron chi connectivity index (χ2n) is 8.49. The highest BCUT2D eigenvalue weighted by Crippen LogP contribution is 2.24. The van der Waals surface area contributed by atoms with Crippen molar-refractivity contribution in [1.29, 1.82) is 0 Å². The molecular formula is C24H26N6O3S. The first-order valence-electron chi connectivity index (χ1n) is 10.9. The van der Waals surface area contributed by atoms with Gasteiger partial charge in [0.25, 0.3) is 5.91 Å². The van der Waals surface area contributed by atoms with Crippen LogP contribution >= 0.6 is 11.8 Å². The van der Waals surface area contributed by atoms with Crippen LogP contribution in [0.3, 0.4) is 0 Å². The van der Waals surface area contributed by atoms with Crippen LogP contribution in [0.25, 0.3) is 5.69 Å². The molecule has 9 nitrogen and oxygen atoms in total. The van der Waals surface area contributed by atoms with Crippen LogP contribution < -0.4 is 10.7 Å². The zero-order chi connectivity index (χ0) is 24.3. The van der Waals surface area contributed by atoms with Crippen LogP contribution in [0.15, 0.2) is 60.0 Å². The van der Waals surface area contributed by atoms with Gasteiger partial charge in [-0.2, -0.15) is 5.01 Å². The smallest absolute Gasteiger partial charge is 0.322 e. The van der Waals surface area contributed by atoms with Crippen LogP contribution in [-0.2, 0) is 16.0 Å². The first kappa shape index (κ1) is 23.5. The molecule has 0 bridgehead atoms. The highest BCUT2D eigenvalue weighted by molar-refractivity contribution is 7.99. The molecule has 0 radical (unpaired) electrons. The fourth-order valence-corrected chi connectivity index (χ4v) is 4.56. The summed E-state index contributed by atoms with van der Waals surface area (Å²) in [7, 11) is 0. The number of rotatable bonds is 8. The number of nitrogens with zero attached hydrogens (tertiary/aromatic N) is 4. The summed E-state index contributed by atoms with van der Waals surface area (Å²) in [5, 5.41) is 12.1. The molecule has 0 spiro atoms. The zero-order valence-electron chi connectivity index (χ0n) is 19.2. The number of thioether (sulfide) groups is 1. The Balaban J connectivity index is 1.36. The van der Waals surface area contributed by atoms with Crippen molar-refractivity contribution < 1.29 is 14.4 Å². The molecule has 2 aromatic carbocycles. The van der Waals surface area contributed by atoms with Gasteiger partial charge in [-0.15, -0.1) is 10.2 Å². The summed E-state index contributed by atoms with van der Waals surface area (Å²) in [5.74, 6) is -1.01. The van der Waals surface area contributed by atoms with E-state index in [2.05, 4.69) is 27.0 Å². The van der Waals surface area contributed by atoms with E-state index < -0.39 is 23.4 Å². The molecular weight excluding hydrogens is 452 g/mol. The van der Waals surface area contributed by atoms with Crippen LogP contribution in [-0.4, -0.2) is 48.9 Å². The normalized spacial score (nSPS) is 17.7. The predicted octanol–water partition coefficient (Wildman–Crippen LogP) is 2.95. The van der Waals surface area contributed by atoms with Crippen molar-refractivity contribution in [1.82, 2.24) is 30.5 Å². The number of carbonyl (C=O) groups excluding carboxylic acids is 3. The Morgan fingerprint density at radius 3 is 2.65 bits per heavy atom. The van der Waals surface area contributed by atoms with E-state index in [0.29, 0.717) is 18.0 Å². The number of nitrogens with one attached hydrogen (secondary N) is 2. The Kier molecular flexibility index (Phi) is 6.69. The Hall–Kier alpha value is -3.66. The van der Waals surface area contributed by atoms with E-state index in [0.717, 1.165) is 27.4 Å². The third-order valence-corrected chi connectivity index (χ3v) is 6.66. The van der Waals surface area contributed by atoms with Crippen molar-refractivity contribution in [2.45, 2.75) is 44.3 Å². The van der Waals surface area contributed by atoms with Crippen molar-refractivity contribution in [3.05, 3.63) is 71.5 Å². The highest BCUT2D eigenvalue weighted by atomic mass is 32.2. The molecule has 4 amide bonds. The van der Waals surface area contributed by atoms with Crippen molar-refractivity contribution in [3.8, 4) is 5.69 Å². The Labute approximate surface area is 201 Å². The third-order valence-electron chi connectivity index (χ3n) is 5.71. The number of amides is 4. The first-order valence-corrected chi connectivity index (χ1v) is 11.9. The average molecular weight is 479 g/mol. The lowest BCUT2D eigenvalue weighted by atomic mass is 9.93. The van der Waals surface area contributed by atoms with Crippen LogP contribution in [0.1, 0.15) is 30.0 Å². The topological polar surface area (TPSA) is 109 Å². The van der Waals surface area contributed by atoms with Gasteiger partial charge in [-0.25, -0.2) is 4.79 Å². The summed E-state index contributed by atoms with van der Waals surface area (Å²) in [4.78, 5) is 37.9. The maximum Gasteiger partial charge on any atom is 0.344 e. The van der Waals surface area contributed by atoms with Gasteiger partial charge in [-0.3, -0.25) is 19.6 Å². The average Bonchev–Trinajstić information content (AvgIpc) is 3.35. The molecule has 4 rings (SSSR count). The van der Waals surface area contributed by atoms with Gasteiger partial charge in [0.15, 0.2) is 5.16 Å². The lowest BCUT2D eigenvalue weighted by Crippen LogP contribution is -2.49. The minimum atomic E-state index is -1.09. The molecule has 0 aliphatic carbocycles. The van der Waals surface area contributed by atoms with Gasteiger partial charge in [0, 0.05) is 0 Å². The number of carbonyl (C=O) groups is 3. The number of hydrazine groups is 1. The summed E-state index contributed by atoms with van der Waals surface area (Å²) < 4.78 is 1.81. The molecule has 3 aromatic rings. The van der Waals surface area contributed by atoms with Crippen LogP contribution in [0.5, 0.6) is 0 Å². The summed E-state index contributed by atoms with van der Waals surface area (Å²) in [6.07, 6.45) is 2.63. The fraction of sp³-hybridized carbons (Fsp3) is 0.292. The molecule has 176 valence electrons. The summed E-state index contributed by atoms with van der Waals surface area (Å²) in [5.41, 5.74) is 5.53. The number of benzene rings is 2. The molecule has 1 aliphatic heterocycles. The minimum Gasteiger partial charge on any atom is -0.322 e. The van der Waals surface area contributed by atoms with Crippen molar-refractivity contribution in [3.63, 3.8) is 0 Å². The fourth-order valence-electron chi connectivity index (χ4n) is 3.85. The van der Waals surface area contributed by atoms with Gasteiger partial charge in [0.2, 0.25) is 5.91 Å². The standard InChI is InChI=1S/C24H26N6O3S/c1-16-9-10-19(17(2)13-16)29-15-25-27-23(29)34-14-20(31)28-30-21(32)24(3,26-22(30)33)12-11-18-7-5-4-6-8-18/h4-10,13,15H,11-12,14H2,1-3H3,(H,26,33)(H,28,31)/t24-/m1/s1. The minimum absolute atomic E-state index is 0.0403. The van der Waals surface area contributed by atoms with E-state index in [1.54, 1.807) is 17.8 Å². The summed E-state index contributed by atoms with van der Waals surface area (Å²) >= 11 is 1.17. The number of hydrogen-bond donors (Lipinski definition) is 2. The lowest BCUT2D eigenvalue weighted by Gasteiger charge is -2.21. The second-order valence-corrected chi connectivity index (χ2v) is 9.43. The number of aryl methyl sites for hydroxylation is 3. The number of aromatic nitrogens is 3. The lowest BCUT2D eigenvalue weighted by molar-refractivity contribution is -0.138. The molecule has 1 aromatic heterocycles. The quantitative estimate of drug-likeness (QED) is 0.381. The summed E-state index contributed by atoms with van der Waals surface area (Å²) in [6, 6.07) is 15.1.